The Kier molecular flexibility index (Phi) is 6.00. The van der Waals surface area contributed by atoms with Crippen LogP contribution < -0.4 is 0 Å². The molecule has 0 saturated heterocycles. The average molecular weight is 286 g/mol. The van der Waals surface area contributed by atoms with Crippen LogP contribution in [0.15, 0.2) is 41.8 Å². The van der Waals surface area contributed by atoms with Crippen molar-refractivity contribution in [2.45, 2.75) is 45.4 Å². The number of thiophene rings is 1. The molecule has 0 aliphatic carbocycles. The summed E-state index contributed by atoms with van der Waals surface area (Å²) in [6, 6.07) is 12.2. The number of hydrogen-bond donors (Lipinski definition) is 0. The number of benzene rings is 1. The second-order valence-electron chi connectivity index (χ2n) is 5.19. The summed E-state index contributed by atoms with van der Waals surface area (Å²) in [5.74, 6) is 0.213. The Morgan fingerprint density at radius 2 is 1.85 bits per heavy atom. The second-order valence-corrected chi connectivity index (χ2v) is 6.22. The van der Waals surface area contributed by atoms with Gasteiger partial charge in [-0.3, -0.25) is 4.79 Å². The van der Waals surface area contributed by atoms with Gasteiger partial charge in [0.05, 0.1) is 0 Å². The first-order valence-corrected chi connectivity index (χ1v) is 8.32. The molecule has 0 atom stereocenters. The average Bonchev–Trinajstić information content (AvgIpc) is 2.97. The summed E-state index contributed by atoms with van der Waals surface area (Å²) in [6.45, 7) is 2.23. The lowest BCUT2D eigenvalue weighted by Crippen LogP contribution is -2.02. The molecule has 1 aromatic carbocycles. The molecule has 20 heavy (non-hydrogen) atoms. The number of hydrogen-bond acceptors (Lipinski definition) is 2. The van der Waals surface area contributed by atoms with Crippen molar-refractivity contribution in [3.05, 3.63) is 57.8 Å². The number of carbonyl (C=O) groups is 1. The number of aryl methyl sites for hydroxylation is 1. The third kappa shape index (κ3) is 4.61. The van der Waals surface area contributed by atoms with Crippen molar-refractivity contribution < 1.29 is 4.79 Å². The summed E-state index contributed by atoms with van der Waals surface area (Å²) in [5.41, 5.74) is 2.17. The first kappa shape index (κ1) is 15.0. The van der Waals surface area contributed by atoms with E-state index in [0.717, 1.165) is 16.9 Å². The van der Waals surface area contributed by atoms with Crippen molar-refractivity contribution in [3.8, 4) is 0 Å². The zero-order valence-electron chi connectivity index (χ0n) is 12.1. The van der Waals surface area contributed by atoms with Gasteiger partial charge >= 0.3 is 0 Å². The van der Waals surface area contributed by atoms with E-state index in [9.17, 15) is 4.79 Å². The summed E-state index contributed by atoms with van der Waals surface area (Å²) >= 11 is 1.64. The van der Waals surface area contributed by atoms with Crippen LogP contribution in [-0.2, 0) is 12.8 Å². The highest BCUT2D eigenvalue weighted by molar-refractivity contribution is 7.10. The molecule has 0 N–H and O–H groups in total. The van der Waals surface area contributed by atoms with Crippen LogP contribution >= 0.6 is 11.3 Å². The maximum atomic E-state index is 12.1. The SMILES string of the molecule is CCCCCCc1ccc(C(=O)Cc2cccs2)cc1. The van der Waals surface area contributed by atoms with E-state index in [2.05, 4.69) is 19.1 Å². The van der Waals surface area contributed by atoms with Crippen LogP contribution in [0.2, 0.25) is 0 Å². The molecule has 0 aliphatic heterocycles. The number of Topliss-reactive ketones (excluding diaryl/α,β-unsaturated/α-hetero) is 1. The van der Waals surface area contributed by atoms with Crippen LogP contribution in [-0.4, -0.2) is 5.78 Å². The summed E-state index contributed by atoms with van der Waals surface area (Å²) in [4.78, 5) is 13.3. The minimum absolute atomic E-state index is 0.213. The van der Waals surface area contributed by atoms with Crippen molar-refractivity contribution >= 4 is 17.1 Å². The van der Waals surface area contributed by atoms with Crippen LogP contribution in [0.1, 0.15) is 53.4 Å². The monoisotopic (exact) mass is 286 g/mol. The van der Waals surface area contributed by atoms with Gasteiger partial charge in [-0.2, -0.15) is 0 Å². The van der Waals surface area contributed by atoms with Crippen molar-refractivity contribution in [1.29, 1.82) is 0 Å². The van der Waals surface area contributed by atoms with E-state index >= 15 is 0 Å². The molecule has 106 valence electrons. The summed E-state index contributed by atoms with van der Waals surface area (Å²) < 4.78 is 0. The number of ketones is 1. The molecule has 0 spiro atoms. The van der Waals surface area contributed by atoms with Gasteiger partial charge in [-0.25, -0.2) is 0 Å². The van der Waals surface area contributed by atoms with Gasteiger partial charge in [0.1, 0.15) is 0 Å². The molecule has 0 saturated carbocycles. The van der Waals surface area contributed by atoms with Crippen molar-refractivity contribution in [2.75, 3.05) is 0 Å². The van der Waals surface area contributed by atoms with Gasteiger partial charge in [0.15, 0.2) is 5.78 Å². The van der Waals surface area contributed by atoms with Crippen LogP contribution in [0, 0.1) is 0 Å². The standard InChI is InChI=1S/C18H22OS/c1-2-3-4-5-7-15-9-11-16(12-10-15)18(19)14-17-8-6-13-20-17/h6,8-13H,2-5,7,14H2,1H3. The van der Waals surface area contributed by atoms with Crippen molar-refractivity contribution in [3.63, 3.8) is 0 Å². The predicted octanol–water partition coefficient (Wildman–Crippen LogP) is 5.30. The number of carbonyl (C=O) groups excluding carboxylic acids is 1. The molecule has 2 heteroatoms. The Labute approximate surface area is 125 Å². The third-order valence-corrected chi connectivity index (χ3v) is 4.39. The molecule has 0 fully saturated rings. The Hall–Kier alpha value is -1.41. The highest BCUT2D eigenvalue weighted by Gasteiger charge is 2.07. The minimum Gasteiger partial charge on any atom is -0.294 e. The van der Waals surface area contributed by atoms with Crippen molar-refractivity contribution in [1.82, 2.24) is 0 Å². The Balaban J connectivity index is 1.85. The fraction of sp³-hybridized carbons (Fsp3) is 0.389. The first-order chi connectivity index (χ1) is 9.79. The van der Waals surface area contributed by atoms with Crippen LogP contribution in [0.25, 0.3) is 0 Å². The fourth-order valence-corrected chi connectivity index (χ4v) is 2.99. The second kappa shape index (κ2) is 8.01. The summed E-state index contributed by atoms with van der Waals surface area (Å²) in [5, 5.41) is 2.02. The first-order valence-electron chi connectivity index (χ1n) is 7.44. The molecule has 1 heterocycles. The molecule has 1 aromatic heterocycles. The lowest BCUT2D eigenvalue weighted by Gasteiger charge is -2.03. The molecule has 0 aliphatic rings. The topological polar surface area (TPSA) is 17.1 Å². The largest absolute Gasteiger partial charge is 0.294 e. The van der Waals surface area contributed by atoms with Crippen molar-refractivity contribution in [2.24, 2.45) is 0 Å². The van der Waals surface area contributed by atoms with Gasteiger partial charge in [0.2, 0.25) is 0 Å². The third-order valence-electron chi connectivity index (χ3n) is 3.51. The lowest BCUT2D eigenvalue weighted by atomic mass is 10.0. The Morgan fingerprint density at radius 1 is 1.05 bits per heavy atom. The number of unbranched alkanes of at least 4 members (excludes halogenated alkanes) is 3. The quantitative estimate of drug-likeness (QED) is 0.475. The Bertz CT molecular complexity index is 511. The maximum absolute atomic E-state index is 12.1. The lowest BCUT2D eigenvalue weighted by molar-refractivity contribution is 0.0994. The molecule has 2 rings (SSSR count). The van der Waals surface area contributed by atoms with Crippen LogP contribution in [0.5, 0.6) is 0 Å². The summed E-state index contributed by atoms with van der Waals surface area (Å²) in [6.07, 6.45) is 6.78. The molecule has 0 radical (unpaired) electrons. The van der Waals surface area contributed by atoms with E-state index in [1.165, 1.54) is 31.2 Å². The summed E-state index contributed by atoms with van der Waals surface area (Å²) in [7, 11) is 0. The zero-order chi connectivity index (χ0) is 14.2. The molecule has 2 aromatic rings. The van der Waals surface area contributed by atoms with E-state index in [-0.39, 0.29) is 5.78 Å². The van der Waals surface area contributed by atoms with Gasteiger partial charge in [-0.05, 0) is 29.9 Å². The molecule has 0 bridgehead atoms. The maximum Gasteiger partial charge on any atom is 0.168 e. The molecular weight excluding hydrogens is 264 g/mol. The van der Waals surface area contributed by atoms with Gasteiger partial charge in [-0.1, -0.05) is 56.5 Å². The highest BCUT2D eigenvalue weighted by Crippen LogP contribution is 2.14. The van der Waals surface area contributed by atoms with Crippen LogP contribution in [0.4, 0.5) is 0 Å². The van der Waals surface area contributed by atoms with E-state index < -0.39 is 0 Å². The van der Waals surface area contributed by atoms with Crippen LogP contribution in [0.3, 0.4) is 0 Å². The van der Waals surface area contributed by atoms with Gasteiger partial charge in [0.25, 0.3) is 0 Å². The minimum atomic E-state index is 0.213. The highest BCUT2D eigenvalue weighted by atomic mass is 32.1. The number of rotatable bonds is 8. The molecule has 1 nitrogen and oxygen atoms in total. The molecule has 0 amide bonds. The predicted molar refractivity (Wildman–Crippen MR) is 86.6 cm³/mol. The Morgan fingerprint density at radius 3 is 2.50 bits per heavy atom. The van der Waals surface area contributed by atoms with E-state index in [4.69, 9.17) is 0 Å². The van der Waals surface area contributed by atoms with Gasteiger partial charge in [0, 0.05) is 16.9 Å². The molecule has 0 unspecified atom stereocenters. The van der Waals surface area contributed by atoms with E-state index in [0.29, 0.717) is 6.42 Å². The smallest absolute Gasteiger partial charge is 0.168 e. The fourth-order valence-electron chi connectivity index (χ4n) is 2.29. The van der Waals surface area contributed by atoms with Gasteiger partial charge in [-0.15, -0.1) is 11.3 Å². The van der Waals surface area contributed by atoms with E-state index in [1.807, 2.05) is 29.6 Å². The van der Waals surface area contributed by atoms with E-state index in [1.54, 1.807) is 11.3 Å². The molecular formula is C18H22OS. The normalized spacial score (nSPS) is 10.7. The van der Waals surface area contributed by atoms with Gasteiger partial charge < -0.3 is 0 Å². The zero-order valence-corrected chi connectivity index (χ0v) is 12.9.